The molecule has 0 radical (unpaired) electrons. The van der Waals surface area contributed by atoms with Crippen molar-refractivity contribution in [2.45, 2.75) is 51.5 Å². The lowest BCUT2D eigenvalue weighted by atomic mass is 9.94. The molecule has 0 bridgehead atoms. The monoisotopic (exact) mass is 281 g/mol. The fraction of sp³-hybridized carbons (Fsp3) is 0.867. The summed E-state index contributed by atoms with van der Waals surface area (Å²) in [7, 11) is 0. The van der Waals surface area contributed by atoms with Crippen LogP contribution in [-0.4, -0.2) is 48.9 Å². The number of carbonyl (C=O) groups is 2. The highest BCUT2D eigenvalue weighted by molar-refractivity contribution is 5.83. The molecule has 2 N–H and O–H groups in total. The van der Waals surface area contributed by atoms with Crippen LogP contribution >= 0.6 is 0 Å². The number of rotatable bonds is 4. The molecule has 114 valence electrons. The normalized spacial score (nSPS) is 27.1. The van der Waals surface area contributed by atoms with Crippen molar-refractivity contribution < 1.29 is 9.59 Å². The molecule has 2 saturated heterocycles. The molecule has 0 saturated carbocycles. The molecule has 0 aromatic carbocycles. The molecule has 2 atom stereocenters. The molecule has 2 unspecified atom stereocenters. The van der Waals surface area contributed by atoms with Crippen molar-refractivity contribution in [2.24, 2.45) is 5.92 Å². The molecule has 0 spiro atoms. The lowest BCUT2D eigenvalue weighted by molar-refractivity contribution is -0.132. The van der Waals surface area contributed by atoms with Gasteiger partial charge < -0.3 is 15.5 Å². The van der Waals surface area contributed by atoms with Crippen LogP contribution in [0, 0.1) is 5.92 Å². The number of hydrogen-bond acceptors (Lipinski definition) is 3. The molecule has 2 aliphatic heterocycles. The summed E-state index contributed by atoms with van der Waals surface area (Å²) in [6.45, 7) is 5.32. The van der Waals surface area contributed by atoms with E-state index in [1.807, 2.05) is 4.90 Å². The van der Waals surface area contributed by atoms with Gasteiger partial charge in [0.15, 0.2) is 0 Å². The van der Waals surface area contributed by atoms with Crippen LogP contribution in [0.2, 0.25) is 0 Å². The summed E-state index contributed by atoms with van der Waals surface area (Å²) in [5, 5.41) is 6.14. The number of carbonyl (C=O) groups excluding carboxylic acids is 2. The third-order valence-electron chi connectivity index (χ3n) is 4.33. The minimum absolute atomic E-state index is 0.0444. The zero-order valence-corrected chi connectivity index (χ0v) is 12.5. The number of nitrogens with zero attached hydrogens (tertiary/aromatic N) is 1. The van der Waals surface area contributed by atoms with Crippen LogP contribution in [-0.2, 0) is 9.59 Å². The van der Waals surface area contributed by atoms with Gasteiger partial charge in [0.2, 0.25) is 11.8 Å². The third-order valence-corrected chi connectivity index (χ3v) is 4.33. The first-order chi connectivity index (χ1) is 9.66. The molecular weight excluding hydrogens is 254 g/mol. The zero-order chi connectivity index (χ0) is 14.4. The van der Waals surface area contributed by atoms with Crippen molar-refractivity contribution in [1.29, 1.82) is 0 Å². The first-order valence-corrected chi connectivity index (χ1v) is 7.95. The number of amides is 2. The molecule has 5 heteroatoms. The average molecular weight is 281 g/mol. The van der Waals surface area contributed by atoms with E-state index in [4.69, 9.17) is 0 Å². The molecule has 0 aliphatic carbocycles. The summed E-state index contributed by atoms with van der Waals surface area (Å²) >= 11 is 0. The van der Waals surface area contributed by atoms with Crippen molar-refractivity contribution in [2.75, 3.05) is 26.2 Å². The Hall–Kier alpha value is -1.10. The predicted molar refractivity (Wildman–Crippen MR) is 78.2 cm³/mol. The Labute approximate surface area is 121 Å². The lowest BCUT2D eigenvalue weighted by Crippen LogP contribution is -2.49. The Balaban J connectivity index is 1.64. The van der Waals surface area contributed by atoms with Gasteiger partial charge in [-0.15, -0.1) is 0 Å². The Kier molecular flexibility index (Phi) is 5.83. The summed E-state index contributed by atoms with van der Waals surface area (Å²) in [4.78, 5) is 25.9. The molecule has 2 fully saturated rings. The van der Waals surface area contributed by atoms with Crippen LogP contribution in [0.4, 0.5) is 0 Å². The lowest BCUT2D eigenvalue weighted by Gasteiger charge is -2.28. The second kappa shape index (κ2) is 7.62. The van der Waals surface area contributed by atoms with Gasteiger partial charge in [-0.25, -0.2) is 0 Å². The van der Waals surface area contributed by atoms with Gasteiger partial charge in [0, 0.05) is 26.1 Å². The fourth-order valence-electron chi connectivity index (χ4n) is 3.02. The van der Waals surface area contributed by atoms with Crippen molar-refractivity contribution >= 4 is 11.8 Å². The van der Waals surface area contributed by atoms with Crippen molar-refractivity contribution in [3.8, 4) is 0 Å². The standard InChI is InChI=1S/C15H27N3O2/c1-12-5-7-16-13(11-12)15(20)17-8-6-14(19)18-9-3-2-4-10-18/h12-13,16H,2-11H2,1H3,(H,17,20). The Morgan fingerprint density at radius 1 is 1.25 bits per heavy atom. The molecule has 2 heterocycles. The quantitative estimate of drug-likeness (QED) is 0.804. The van der Waals surface area contributed by atoms with Crippen LogP contribution in [0.1, 0.15) is 45.4 Å². The molecule has 2 rings (SSSR count). The van der Waals surface area contributed by atoms with Crippen molar-refractivity contribution in [3.63, 3.8) is 0 Å². The molecule has 20 heavy (non-hydrogen) atoms. The summed E-state index contributed by atoms with van der Waals surface area (Å²) < 4.78 is 0. The van der Waals surface area contributed by atoms with E-state index in [9.17, 15) is 9.59 Å². The molecule has 2 aliphatic rings. The van der Waals surface area contributed by atoms with Crippen molar-refractivity contribution in [1.82, 2.24) is 15.5 Å². The van der Waals surface area contributed by atoms with Crippen LogP contribution < -0.4 is 10.6 Å². The average Bonchev–Trinajstić information content (AvgIpc) is 2.48. The maximum Gasteiger partial charge on any atom is 0.237 e. The van der Waals surface area contributed by atoms with Gasteiger partial charge in [-0.3, -0.25) is 9.59 Å². The SMILES string of the molecule is CC1CCNC(C(=O)NCCC(=O)N2CCCCC2)C1. The maximum atomic E-state index is 12.0. The van der Waals surface area contributed by atoms with E-state index in [1.54, 1.807) is 0 Å². The second-order valence-electron chi connectivity index (χ2n) is 6.12. The Morgan fingerprint density at radius 3 is 2.70 bits per heavy atom. The number of likely N-dealkylation sites (tertiary alicyclic amines) is 1. The minimum atomic E-state index is -0.0798. The summed E-state index contributed by atoms with van der Waals surface area (Å²) in [5.41, 5.74) is 0. The first kappa shape index (κ1) is 15.3. The van der Waals surface area contributed by atoms with Gasteiger partial charge in [-0.05, 0) is 44.6 Å². The number of hydrogen-bond donors (Lipinski definition) is 2. The third kappa shape index (κ3) is 4.47. The summed E-state index contributed by atoms with van der Waals surface area (Å²) in [6, 6.07) is -0.0798. The van der Waals surface area contributed by atoms with Crippen LogP contribution in [0.25, 0.3) is 0 Å². The smallest absolute Gasteiger partial charge is 0.237 e. The summed E-state index contributed by atoms with van der Waals surface area (Å²) in [5.74, 6) is 0.819. The highest BCUT2D eigenvalue weighted by atomic mass is 16.2. The second-order valence-corrected chi connectivity index (χ2v) is 6.12. The van der Waals surface area contributed by atoms with E-state index in [-0.39, 0.29) is 17.9 Å². The van der Waals surface area contributed by atoms with Gasteiger partial charge in [0.25, 0.3) is 0 Å². The zero-order valence-electron chi connectivity index (χ0n) is 12.5. The van der Waals surface area contributed by atoms with Gasteiger partial charge in [-0.2, -0.15) is 0 Å². The van der Waals surface area contributed by atoms with Gasteiger partial charge >= 0.3 is 0 Å². The van der Waals surface area contributed by atoms with E-state index < -0.39 is 0 Å². The van der Waals surface area contributed by atoms with E-state index in [0.29, 0.717) is 18.9 Å². The molecule has 0 aromatic rings. The number of piperidine rings is 2. The maximum absolute atomic E-state index is 12.0. The van der Waals surface area contributed by atoms with E-state index in [0.717, 1.165) is 45.3 Å². The van der Waals surface area contributed by atoms with Crippen LogP contribution in [0.15, 0.2) is 0 Å². The van der Waals surface area contributed by atoms with Crippen molar-refractivity contribution in [3.05, 3.63) is 0 Å². The van der Waals surface area contributed by atoms with Crippen LogP contribution in [0.3, 0.4) is 0 Å². The molecule has 2 amide bonds. The number of nitrogens with one attached hydrogen (secondary N) is 2. The van der Waals surface area contributed by atoms with E-state index >= 15 is 0 Å². The first-order valence-electron chi connectivity index (χ1n) is 7.95. The molecule has 0 aromatic heterocycles. The van der Waals surface area contributed by atoms with E-state index in [2.05, 4.69) is 17.6 Å². The highest BCUT2D eigenvalue weighted by Gasteiger charge is 2.24. The molecular formula is C15H27N3O2. The largest absolute Gasteiger partial charge is 0.354 e. The van der Waals surface area contributed by atoms with Gasteiger partial charge in [-0.1, -0.05) is 6.92 Å². The topological polar surface area (TPSA) is 61.4 Å². The Bertz CT molecular complexity index is 340. The predicted octanol–water partition coefficient (Wildman–Crippen LogP) is 0.893. The highest BCUT2D eigenvalue weighted by Crippen LogP contribution is 2.15. The minimum Gasteiger partial charge on any atom is -0.354 e. The van der Waals surface area contributed by atoms with E-state index in [1.165, 1.54) is 6.42 Å². The van der Waals surface area contributed by atoms with Crippen LogP contribution in [0.5, 0.6) is 0 Å². The Morgan fingerprint density at radius 2 is 2.00 bits per heavy atom. The van der Waals surface area contributed by atoms with Gasteiger partial charge in [0.1, 0.15) is 0 Å². The fourth-order valence-corrected chi connectivity index (χ4v) is 3.02. The molecule has 5 nitrogen and oxygen atoms in total. The summed E-state index contributed by atoms with van der Waals surface area (Å²) in [6.07, 6.45) is 5.91. The van der Waals surface area contributed by atoms with Gasteiger partial charge in [0.05, 0.1) is 6.04 Å².